The van der Waals surface area contributed by atoms with E-state index in [0.717, 1.165) is 53.9 Å². The number of carbonyl (C=O) groups excluding carboxylic acids is 2. The van der Waals surface area contributed by atoms with Crippen molar-refractivity contribution in [2.75, 3.05) is 65.6 Å². The molecule has 2 aliphatic rings. The number of nitrogens with zero attached hydrogens (tertiary/aromatic N) is 3. The molecule has 59 heavy (non-hydrogen) atoms. The molecule has 0 spiro atoms. The zero-order valence-corrected chi connectivity index (χ0v) is 37.9. The Kier molecular flexibility index (Phi) is 16.7. The highest BCUT2D eigenvalue weighted by molar-refractivity contribution is 7.96. The van der Waals surface area contributed by atoms with Gasteiger partial charge in [0.2, 0.25) is 5.91 Å². The van der Waals surface area contributed by atoms with Crippen molar-refractivity contribution in [3.63, 3.8) is 0 Å². The summed E-state index contributed by atoms with van der Waals surface area (Å²) in [5, 5.41) is 19.0. The number of hydrogen-bond donors (Lipinski definition) is 4. The van der Waals surface area contributed by atoms with E-state index in [1.165, 1.54) is 0 Å². The van der Waals surface area contributed by atoms with Gasteiger partial charge in [-0.05, 0) is 92.6 Å². The minimum absolute atomic E-state index is 0.0612. The molecule has 1 heterocycles. The fourth-order valence-electron chi connectivity index (χ4n) is 9.08. The number of para-hydroxylation sites is 1. The van der Waals surface area contributed by atoms with E-state index in [1.807, 2.05) is 75.9 Å². The Morgan fingerprint density at radius 1 is 1.07 bits per heavy atom. The second-order valence-electron chi connectivity index (χ2n) is 17.6. The SMILES string of the molecule is CCC1C(CO)ON(Cc2cccc(-c3cc(C(=O)NC(Cc4ccccc4)CN(C)C)cc(N(C)CCNSC)c3)c2OC)C1C(=O)N[C@H]1CCC(C)(C)[C@@H](C)C1C. The molecule has 2 amide bonds. The second-order valence-corrected chi connectivity index (χ2v) is 18.3. The molecule has 5 rings (SSSR count). The number of methoxy groups -OCH3 is 1. The summed E-state index contributed by atoms with van der Waals surface area (Å²) in [6.07, 6.45) is 4.87. The van der Waals surface area contributed by atoms with Gasteiger partial charge in [-0.1, -0.05) is 95.1 Å². The standard InChI is InChI=1S/C47H70N6O5S/c1-11-39-42(30-54)58-53(43(39)46(56)50-41-20-21-47(4,5)32(3)31(41)2)28-34-18-15-19-40(44(34)57-9)35-25-36(27-38(26-35)52(8)23-22-48-59-10)45(55)49-37(29-51(6)7)24-33-16-13-12-14-17-33/h12-19,25-27,31-32,37,39,41-43,48,54H,11,20-24,28-30H2,1-10H3,(H,49,55)(H,50,56)/t31?,32-,37?,39?,41-,42?,43?/m0/s1. The van der Waals surface area contributed by atoms with E-state index < -0.39 is 12.1 Å². The van der Waals surface area contributed by atoms with Crippen LogP contribution in [0, 0.1) is 23.2 Å². The van der Waals surface area contributed by atoms with Gasteiger partial charge in [-0.25, -0.2) is 0 Å². The molecule has 0 bridgehead atoms. The summed E-state index contributed by atoms with van der Waals surface area (Å²) < 4.78 is 9.53. The van der Waals surface area contributed by atoms with E-state index in [9.17, 15) is 14.7 Å². The van der Waals surface area contributed by atoms with Crippen molar-refractivity contribution < 1.29 is 24.3 Å². The number of hydrogen-bond acceptors (Lipinski definition) is 10. The van der Waals surface area contributed by atoms with E-state index in [2.05, 4.69) is 78.0 Å². The summed E-state index contributed by atoms with van der Waals surface area (Å²) in [7, 11) is 7.73. The molecule has 3 aromatic rings. The molecule has 0 aromatic heterocycles. The zero-order chi connectivity index (χ0) is 42.9. The number of likely N-dealkylation sites (N-methyl/N-ethyl adjacent to an activating group) is 2. The monoisotopic (exact) mass is 831 g/mol. The summed E-state index contributed by atoms with van der Waals surface area (Å²) in [6, 6.07) is 21.6. The van der Waals surface area contributed by atoms with Crippen LogP contribution in [0.15, 0.2) is 66.7 Å². The molecule has 3 aromatic carbocycles. The van der Waals surface area contributed by atoms with Crippen LogP contribution in [0.3, 0.4) is 0 Å². The smallest absolute Gasteiger partial charge is 0.251 e. The van der Waals surface area contributed by atoms with Gasteiger partial charge in [-0.15, -0.1) is 0 Å². The molecule has 324 valence electrons. The summed E-state index contributed by atoms with van der Waals surface area (Å²) in [5.41, 5.74) is 5.34. The summed E-state index contributed by atoms with van der Waals surface area (Å²) >= 11 is 1.58. The Balaban J connectivity index is 1.47. The first kappa shape index (κ1) is 46.4. The van der Waals surface area contributed by atoms with Crippen molar-refractivity contribution in [3.05, 3.63) is 83.4 Å². The van der Waals surface area contributed by atoms with Crippen LogP contribution >= 0.6 is 11.9 Å². The lowest BCUT2D eigenvalue weighted by atomic mass is 9.63. The third-order valence-corrected chi connectivity index (χ3v) is 13.5. The van der Waals surface area contributed by atoms with Gasteiger partial charge < -0.3 is 30.3 Å². The molecule has 1 aliphatic carbocycles. The van der Waals surface area contributed by atoms with Crippen LogP contribution < -0.4 is 25.0 Å². The molecule has 0 radical (unpaired) electrons. The van der Waals surface area contributed by atoms with E-state index in [1.54, 1.807) is 24.1 Å². The Morgan fingerprint density at radius 2 is 1.81 bits per heavy atom. The van der Waals surface area contributed by atoms with Crippen molar-refractivity contribution in [2.45, 2.75) is 91.1 Å². The van der Waals surface area contributed by atoms with Crippen LogP contribution in [0.5, 0.6) is 5.75 Å². The molecule has 1 saturated carbocycles. The van der Waals surface area contributed by atoms with Crippen molar-refractivity contribution in [1.82, 2.24) is 25.3 Å². The van der Waals surface area contributed by atoms with Gasteiger partial charge in [0.25, 0.3) is 5.91 Å². The fraction of sp³-hybridized carbons (Fsp3) is 0.574. The van der Waals surface area contributed by atoms with Crippen molar-refractivity contribution in [3.8, 4) is 16.9 Å². The van der Waals surface area contributed by atoms with E-state index in [-0.39, 0.29) is 48.4 Å². The largest absolute Gasteiger partial charge is 0.496 e. The predicted octanol–water partition coefficient (Wildman–Crippen LogP) is 6.65. The fourth-order valence-corrected chi connectivity index (χ4v) is 9.37. The third-order valence-electron chi connectivity index (χ3n) is 13.0. The molecule has 12 heteroatoms. The van der Waals surface area contributed by atoms with Crippen molar-refractivity contribution >= 4 is 29.4 Å². The van der Waals surface area contributed by atoms with Crippen LogP contribution in [0.1, 0.15) is 75.4 Å². The number of rotatable bonds is 19. The van der Waals surface area contributed by atoms with Gasteiger partial charge in [0, 0.05) is 67.1 Å². The number of hydroxylamine groups is 2. The first-order chi connectivity index (χ1) is 28.2. The molecular weight excluding hydrogens is 761 g/mol. The van der Waals surface area contributed by atoms with Gasteiger partial charge >= 0.3 is 0 Å². The number of aliphatic hydroxyl groups is 1. The Morgan fingerprint density at radius 3 is 2.47 bits per heavy atom. The van der Waals surface area contributed by atoms with Crippen molar-refractivity contribution in [2.24, 2.45) is 23.2 Å². The predicted molar refractivity (Wildman–Crippen MR) is 242 cm³/mol. The zero-order valence-electron chi connectivity index (χ0n) is 37.1. The van der Waals surface area contributed by atoms with Crippen molar-refractivity contribution in [1.29, 1.82) is 0 Å². The normalized spacial score (nSPS) is 23.5. The van der Waals surface area contributed by atoms with E-state index >= 15 is 0 Å². The number of ether oxygens (including phenoxy) is 1. The average molecular weight is 831 g/mol. The number of nitrogens with one attached hydrogen (secondary N) is 3. The summed E-state index contributed by atoms with van der Waals surface area (Å²) in [5.74, 6) is 1.03. The average Bonchev–Trinajstić information content (AvgIpc) is 3.58. The van der Waals surface area contributed by atoms with Crippen LogP contribution in [-0.2, 0) is 22.6 Å². The maximum absolute atomic E-state index is 14.3. The molecular formula is C47H70N6O5S. The van der Waals surface area contributed by atoms with Crippen LogP contribution in [0.25, 0.3) is 11.1 Å². The van der Waals surface area contributed by atoms with Gasteiger partial charge in [0.15, 0.2) is 0 Å². The first-order valence-corrected chi connectivity index (χ1v) is 22.6. The minimum atomic E-state index is -0.587. The molecule has 1 aliphatic heterocycles. The maximum atomic E-state index is 14.3. The lowest BCUT2D eigenvalue weighted by molar-refractivity contribution is -0.182. The highest BCUT2D eigenvalue weighted by atomic mass is 32.2. The topological polar surface area (TPSA) is 119 Å². The number of benzene rings is 3. The lowest BCUT2D eigenvalue weighted by Crippen LogP contribution is -2.54. The Labute approximate surface area is 358 Å². The highest BCUT2D eigenvalue weighted by Crippen LogP contribution is 2.44. The Hall–Kier alpha value is -3.65. The van der Waals surface area contributed by atoms with E-state index in [4.69, 9.17) is 9.57 Å². The molecule has 5 unspecified atom stereocenters. The maximum Gasteiger partial charge on any atom is 0.251 e. The number of aliphatic hydroxyl groups excluding tert-OH is 1. The third kappa shape index (κ3) is 11.6. The molecule has 7 atom stereocenters. The van der Waals surface area contributed by atoms with Gasteiger partial charge in [0.1, 0.15) is 17.9 Å². The number of amides is 2. The summed E-state index contributed by atoms with van der Waals surface area (Å²) in [6.45, 7) is 13.5. The first-order valence-electron chi connectivity index (χ1n) is 21.3. The molecule has 1 saturated heterocycles. The number of carbonyl (C=O) groups is 2. The molecule has 11 nitrogen and oxygen atoms in total. The molecule has 2 fully saturated rings. The van der Waals surface area contributed by atoms with Gasteiger partial charge in [0.05, 0.1) is 20.3 Å². The van der Waals surface area contributed by atoms with Crippen LogP contribution in [-0.4, -0.2) is 112 Å². The Bertz CT molecular complexity index is 1830. The van der Waals surface area contributed by atoms with Crippen LogP contribution in [0.2, 0.25) is 0 Å². The number of anilines is 1. The highest BCUT2D eigenvalue weighted by Gasteiger charge is 2.48. The minimum Gasteiger partial charge on any atom is -0.496 e. The second kappa shape index (κ2) is 21.2. The molecule has 4 N–H and O–H groups in total. The van der Waals surface area contributed by atoms with Gasteiger partial charge in [-0.2, -0.15) is 5.06 Å². The van der Waals surface area contributed by atoms with Crippen LogP contribution in [0.4, 0.5) is 5.69 Å². The van der Waals surface area contributed by atoms with E-state index in [0.29, 0.717) is 42.5 Å². The van der Waals surface area contributed by atoms with Gasteiger partial charge in [-0.3, -0.25) is 19.1 Å². The lowest BCUT2D eigenvalue weighted by Gasteiger charge is -2.46. The summed E-state index contributed by atoms with van der Waals surface area (Å²) in [4.78, 5) is 39.3. The quantitative estimate of drug-likeness (QED) is 0.0774.